The first kappa shape index (κ1) is 10.7. The minimum absolute atomic E-state index is 0.0758. The van der Waals surface area contributed by atoms with E-state index in [1.807, 2.05) is 0 Å². The average Bonchev–Trinajstić information content (AvgIpc) is 2.19. The number of aliphatic hydroxyl groups excluding tert-OH is 1. The molecule has 0 aromatic rings. The molecule has 0 radical (unpaired) electrons. The zero-order valence-electron chi connectivity index (χ0n) is 7.95. The van der Waals surface area contributed by atoms with Gasteiger partial charge in [-0.15, -0.1) is 6.58 Å². The fourth-order valence-corrected chi connectivity index (χ4v) is 1.38. The fourth-order valence-electron chi connectivity index (χ4n) is 1.38. The van der Waals surface area contributed by atoms with Crippen LogP contribution in [0, 0.1) is 0 Å². The molecule has 1 N–H and O–H groups in total. The van der Waals surface area contributed by atoms with Crippen molar-refractivity contribution in [3.8, 4) is 0 Å². The van der Waals surface area contributed by atoms with Crippen LogP contribution in [0.2, 0.25) is 0 Å². The van der Waals surface area contributed by atoms with E-state index in [1.54, 1.807) is 6.08 Å². The van der Waals surface area contributed by atoms with Crippen LogP contribution in [0.3, 0.4) is 0 Å². The Kier molecular flexibility index (Phi) is 5.05. The van der Waals surface area contributed by atoms with E-state index < -0.39 is 0 Å². The maximum absolute atomic E-state index is 8.73. The summed E-state index contributed by atoms with van der Waals surface area (Å²) in [4.78, 5) is 0. The van der Waals surface area contributed by atoms with Crippen molar-refractivity contribution >= 4 is 0 Å². The molecular formula is C10H18O3. The quantitative estimate of drug-likeness (QED) is 0.661. The molecule has 2 atom stereocenters. The Labute approximate surface area is 79.3 Å². The largest absolute Gasteiger partial charge is 0.396 e. The highest BCUT2D eigenvalue weighted by Crippen LogP contribution is 2.16. The van der Waals surface area contributed by atoms with E-state index in [-0.39, 0.29) is 19.0 Å². The third-order valence-electron chi connectivity index (χ3n) is 2.14. The summed E-state index contributed by atoms with van der Waals surface area (Å²) in [7, 11) is 0. The Bertz CT molecular complexity index is 141. The van der Waals surface area contributed by atoms with Crippen LogP contribution >= 0.6 is 0 Å². The van der Waals surface area contributed by atoms with Gasteiger partial charge in [0.25, 0.3) is 0 Å². The lowest BCUT2D eigenvalue weighted by atomic mass is 10.2. The highest BCUT2D eigenvalue weighted by atomic mass is 16.7. The predicted octanol–water partition coefficient (Wildman–Crippen LogP) is 1.47. The van der Waals surface area contributed by atoms with Gasteiger partial charge in [-0.05, 0) is 19.3 Å². The van der Waals surface area contributed by atoms with Gasteiger partial charge in [0.2, 0.25) is 0 Å². The van der Waals surface area contributed by atoms with E-state index in [0.717, 1.165) is 25.9 Å². The zero-order valence-corrected chi connectivity index (χ0v) is 7.95. The smallest absolute Gasteiger partial charge is 0.158 e. The molecule has 0 aromatic carbocycles. The lowest BCUT2D eigenvalue weighted by Gasteiger charge is -2.26. The molecule has 0 bridgehead atoms. The fraction of sp³-hybridized carbons (Fsp3) is 0.800. The van der Waals surface area contributed by atoms with Gasteiger partial charge in [-0.2, -0.15) is 0 Å². The zero-order chi connectivity index (χ0) is 9.52. The van der Waals surface area contributed by atoms with E-state index in [0.29, 0.717) is 6.42 Å². The Hall–Kier alpha value is -0.380. The van der Waals surface area contributed by atoms with E-state index in [2.05, 4.69) is 6.58 Å². The number of aliphatic hydroxyl groups is 1. The molecule has 0 aliphatic carbocycles. The summed E-state index contributed by atoms with van der Waals surface area (Å²) in [6.45, 7) is 4.57. The molecule has 1 saturated heterocycles. The number of hydrogen-bond acceptors (Lipinski definition) is 3. The number of hydrogen-bond donors (Lipinski definition) is 1. The van der Waals surface area contributed by atoms with Crippen molar-refractivity contribution in [3.05, 3.63) is 12.7 Å². The molecule has 1 fully saturated rings. The van der Waals surface area contributed by atoms with Gasteiger partial charge in [0.1, 0.15) is 0 Å². The molecule has 3 heteroatoms. The van der Waals surface area contributed by atoms with Gasteiger partial charge in [-0.3, -0.25) is 0 Å². The number of ether oxygens (including phenoxy) is 2. The topological polar surface area (TPSA) is 38.7 Å². The molecule has 0 aromatic heterocycles. The summed E-state index contributed by atoms with van der Waals surface area (Å²) in [6, 6.07) is 0. The highest BCUT2D eigenvalue weighted by Gasteiger charge is 2.17. The molecule has 1 aliphatic heterocycles. The molecule has 1 rings (SSSR count). The second-order valence-corrected chi connectivity index (χ2v) is 3.22. The summed E-state index contributed by atoms with van der Waals surface area (Å²) < 4.78 is 11.0. The lowest BCUT2D eigenvalue weighted by Crippen LogP contribution is -2.27. The predicted molar refractivity (Wildman–Crippen MR) is 50.4 cm³/mol. The van der Waals surface area contributed by atoms with Crippen LogP contribution in [0.4, 0.5) is 0 Å². The summed E-state index contributed by atoms with van der Waals surface area (Å²) in [6.07, 6.45) is 5.39. The highest BCUT2D eigenvalue weighted by molar-refractivity contribution is 4.80. The second-order valence-electron chi connectivity index (χ2n) is 3.22. The maximum Gasteiger partial charge on any atom is 0.158 e. The first-order valence-corrected chi connectivity index (χ1v) is 4.87. The molecule has 1 unspecified atom stereocenters. The van der Waals surface area contributed by atoms with Crippen molar-refractivity contribution in [2.24, 2.45) is 0 Å². The lowest BCUT2D eigenvalue weighted by molar-refractivity contribution is -0.180. The molecule has 0 saturated carbocycles. The SMILES string of the molecule is C=C[C@H](CCO)OC1CCCCO1. The van der Waals surface area contributed by atoms with E-state index in [1.165, 1.54) is 0 Å². The molecular weight excluding hydrogens is 168 g/mol. The van der Waals surface area contributed by atoms with Crippen molar-refractivity contribution in [2.75, 3.05) is 13.2 Å². The Morgan fingerprint density at radius 3 is 3.00 bits per heavy atom. The summed E-state index contributed by atoms with van der Waals surface area (Å²) in [5.41, 5.74) is 0. The van der Waals surface area contributed by atoms with Crippen LogP contribution in [0.1, 0.15) is 25.7 Å². The van der Waals surface area contributed by atoms with E-state index in [4.69, 9.17) is 14.6 Å². The van der Waals surface area contributed by atoms with Crippen LogP contribution in [-0.2, 0) is 9.47 Å². The van der Waals surface area contributed by atoms with Gasteiger partial charge in [0, 0.05) is 19.6 Å². The molecule has 1 aliphatic rings. The molecule has 13 heavy (non-hydrogen) atoms. The number of rotatable bonds is 5. The van der Waals surface area contributed by atoms with Crippen molar-refractivity contribution in [1.82, 2.24) is 0 Å². The molecule has 76 valence electrons. The van der Waals surface area contributed by atoms with Gasteiger partial charge >= 0.3 is 0 Å². The summed E-state index contributed by atoms with van der Waals surface area (Å²) in [5.74, 6) is 0. The Balaban J connectivity index is 2.22. The second kappa shape index (κ2) is 6.13. The van der Waals surface area contributed by atoms with Crippen LogP contribution < -0.4 is 0 Å². The van der Waals surface area contributed by atoms with Crippen molar-refractivity contribution in [2.45, 2.75) is 38.1 Å². The van der Waals surface area contributed by atoms with Crippen LogP contribution in [0.5, 0.6) is 0 Å². The minimum atomic E-state index is -0.0942. The van der Waals surface area contributed by atoms with E-state index in [9.17, 15) is 0 Å². The van der Waals surface area contributed by atoms with Crippen molar-refractivity contribution in [1.29, 1.82) is 0 Å². The summed E-state index contributed by atoms with van der Waals surface area (Å²) in [5, 5.41) is 8.73. The molecule has 0 amide bonds. The maximum atomic E-state index is 8.73. The monoisotopic (exact) mass is 186 g/mol. The average molecular weight is 186 g/mol. The van der Waals surface area contributed by atoms with Gasteiger partial charge in [0.15, 0.2) is 6.29 Å². The third kappa shape index (κ3) is 3.89. The standard InChI is InChI=1S/C10H18O3/c1-2-9(6-7-11)13-10-5-3-4-8-12-10/h2,9-11H,1,3-8H2/t9-,10?/m1/s1. The molecule has 1 heterocycles. The minimum Gasteiger partial charge on any atom is -0.396 e. The van der Waals surface area contributed by atoms with Crippen LogP contribution in [0.15, 0.2) is 12.7 Å². The Morgan fingerprint density at radius 2 is 2.46 bits per heavy atom. The first-order chi connectivity index (χ1) is 6.36. The van der Waals surface area contributed by atoms with E-state index >= 15 is 0 Å². The normalized spacial score (nSPS) is 25.5. The van der Waals surface area contributed by atoms with Crippen molar-refractivity contribution < 1.29 is 14.6 Å². The van der Waals surface area contributed by atoms with Crippen LogP contribution in [-0.4, -0.2) is 30.7 Å². The van der Waals surface area contributed by atoms with Gasteiger partial charge in [0.05, 0.1) is 6.10 Å². The first-order valence-electron chi connectivity index (χ1n) is 4.87. The van der Waals surface area contributed by atoms with Crippen LogP contribution in [0.25, 0.3) is 0 Å². The summed E-state index contributed by atoms with van der Waals surface area (Å²) >= 11 is 0. The van der Waals surface area contributed by atoms with Gasteiger partial charge in [-0.1, -0.05) is 6.08 Å². The van der Waals surface area contributed by atoms with Gasteiger partial charge in [-0.25, -0.2) is 0 Å². The molecule has 3 nitrogen and oxygen atoms in total. The molecule has 0 spiro atoms. The van der Waals surface area contributed by atoms with Gasteiger partial charge < -0.3 is 14.6 Å². The Morgan fingerprint density at radius 1 is 1.62 bits per heavy atom. The third-order valence-corrected chi connectivity index (χ3v) is 2.14. The van der Waals surface area contributed by atoms with Crippen molar-refractivity contribution in [3.63, 3.8) is 0 Å².